The fourth-order valence-corrected chi connectivity index (χ4v) is 2.85. The van der Waals surface area contributed by atoms with Gasteiger partial charge in [-0.2, -0.15) is 0 Å². The number of nitrogens with zero attached hydrogens (tertiary/aromatic N) is 3. The molecule has 8 heteroatoms. The number of hydrogen-bond donors (Lipinski definition) is 2. The number of allylic oxidation sites excluding steroid dienone is 1. The number of fused-ring (bicyclic) bond motifs is 2. The molecule has 3 aromatic rings. The van der Waals surface area contributed by atoms with Gasteiger partial charge in [0.1, 0.15) is 22.5 Å². The highest BCUT2D eigenvalue weighted by Gasteiger charge is 2.19. The first-order valence-electron chi connectivity index (χ1n) is 8.40. The van der Waals surface area contributed by atoms with Gasteiger partial charge in [0.2, 0.25) is 6.79 Å². The molecule has 1 aliphatic heterocycles. The number of carboxylic acids is 1. The van der Waals surface area contributed by atoms with Gasteiger partial charge in [0.25, 0.3) is 0 Å². The van der Waals surface area contributed by atoms with E-state index in [1.54, 1.807) is 19.1 Å². The monoisotopic (exact) mass is 367 g/mol. The molecule has 8 nitrogen and oxygen atoms in total. The Bertz CT molecular complexity index is 1070. The molecule has 0 aliphatic carbocycles. The molecule has 0 radical (unpaired) electrons. The van der Waals surface area contributed by atoms with Crippen LogP contribution in [0.3, 0.4) is 0 Å². The van der Waals surface area contributed by atoms with E-state index in [1.165, 1.54) is 10.9 Å². The molecular formula is C19H17N3O5. The minimum Gasteiger partial charge on any atom is -0.505 e. The van der Waals surface area contributed by atoms with Gasteiger partial charge >= 0.3 is 5.97 Å². The average Bonchev–Trinajstić information content (AvgIpc) is 3.26. The number of benzene rings is 2. The summed E-state index contributed by atoms with van der Waals surface area (Å²) in [5, 5.41) is 28.0. The van der Waals surface area contributed by atoms with Gasteiger partial charge in [-0.15, -0.1) is 15.0 Å². The zero-order valence-corrected chi connectivity index (χ0v) is 14.5. The molecule has 27 heavy (non-hydrogen) atoms. The smallest absolute Gasteiger partial charge is 0.330 e. The van der Waals surface area contributed by atoms with Crippen LogP contribution in [0.25, 0.3) is 16.7 Å². The van der Waals surface area contributed by atoms with Crippen LogP contribution in [0, 0.1) is 0 Å². The molecule has 1 aliphatic rings. The first-order valence-corrected chi connectivity index (χ1v) is 8.40. The van der Waals surface area contributed by atoms with E-state index in [1.807, 2.05) is 18.2 Å². The lowest BCUT2D eigenvalue weighted by atomic mass is 10.1. The number of aromatic hydroxyl groups is 1. The Hall–Kier alpha value is -3.55. The van der Waals surface area contributed by atoms with Crippen molar-refractivity contribution in [3.63, 3.8) is 0 Å². The third-order valence-electron chi connectivity index (χ3n) is 4.35. The second kappa shape index (κ2) is 6.64. The molecule has 0 saturated carbocycles. The Balaban J connectivity index is 1.60. The number of aliphatic carboxylic acids is 1. The molecule has 4 rings (SSSR count). The second-order valence-corrected chi connectivity index (χ2v) is 6.24. The minimum atomic E-state index is -0.906. The van der Waals surface area contributed by atoms with Crippen molar-refractivity contribution in [1.82, 2.24) is 15.0 Å². The molecule has 0 atom stereocenters. The van der Waals surface area contributed by atoms with Gasteiger partial charge < -0.3 is 19.7 Å². The lowest BCUT2D eigenvalue weighted by Crippen LogP contribution is -1.99. The average molecular weight is 367 g/mol. The van der Waals surface area contributed by atoms with Crippen molar-refractivity contribution < 1.29 is 24.5 Å². The Morgan fingerprint density at radius 3 is 2.70 bits per heavy atom. The van der Waals surface area contributed by atoms with Gasteiger partial charge in [-0.3, -0.25) is 0 Å². The zero-order chi connectivity index (χ0) is 19.0. The summed E-state index contributed by atoms with van der Waals surface area (Å²) < 4.78 is 10.6. The van der Waals surface area contributed by atoms with Crippen molar-refractivity contribution in [2.45, 2.75) is 19.8 Å². The van der Waals surface area contributed by atoms with Gasteiger partial charge in [0.05, 0.1) is 0 Å². The van der Waals surface area contributed by atoms with Crippen molar-refractivity contribution in [3.8, 4) is 22.9 Å². The molecule has 0 amide bonds. The number of ether oxygens (including phenoxy) is 2. The van der Waals surface area contributed by atoms with Crippen molar-refractivity contribution in [2.24, 2.45) is 0 Å². The fraction of sp³-hybridized carbons (Fsp3) is 0.211. The normalized spacial score (nSPS) is 13.3. The summed E-state index contributed by atoms with van der Waals surface area (Å²) in [7, 11) is 0. The number of phenolic OH excluding ortho intramolecular Hbond substituents is 1. The van der Waals surface area contributed by atoms with E-state index in [2.05, 4.69) is 10.2 Å². The number of carboxylic acid groups (broad SMARTS) is 1. The molecule has 0 saturated heterocycles. The molecule has 1 aromatic heterocycles. The Labute approximate surface area is 154 Å². The highest BCUT2D eigenvalue weighted by Crippen LogP contribution is 2.38. The summed E-state index contributed by atoms with van der Waals surface area (Å²) in [6.07, 6.45) is 3.03. The van der Waals surface area contributed by atoms with E-state index in [0.717, 1.165) is 5.56 Å². The van der Waals surface area contributed by atoms with Crippen molar-refractivity contribution in [3.05, 3.63) is 47.5 Å². The maximum Gasteiger partial charge on any atom is 0.330 e. The van der Waals surface area contributed by atoms with E-state index in [4.69, 9.17) is 14.6 Å². The van der Waals surface area contributed by atoms with Crippen molar-refractivity contribution in [2.75, 3.05) is 6.79 Å². The van der Waals surface area contributed by atoms with E-state index >= 15 is 0 Å². The fourth-order valence-electron chi connectivity index (χ4n) is 2.85. The largest absolute Gasteiger partial charge is 0.505 e. The van der Waals surface area contributed by atoms with Crippen molar-refractivity contribution in [1.29, 1.82) is 0 Å². The SMILES string of the molecule is CC(=CCCc1ccc2nn(-c3cc4c(cc3O)OCO4)nc2c1)C(=O)O. The number of carbonyl (C=O) groups is 1. The van der Waals surface area contributed by atoms with Crippen LogP contribution in [0.4, 0.5) is 0 Å². The predicted octanol–water partition coefficient (Wildman–Crippen LogP) is 2.82. The number of hydrogen-bond acceptors (Lipinski definition) is 6. The van der Waals surface area contributed by atoms with Crippen LogP contribution < -0.4 is 9.47 Å². The van der Waals surface area contributed by atoms with Gasteiger partial charge in [-0.1, -0.05) is 12.1 Å². The van der Waals surface area contributed by atoms with Gasteiger partial charge in [0.15, 0.2) is 11.5 Å². The van der Waals surface area contributed by atoms with Gasteiger partial charge in [-0.25, -0.2) is 4.79 Å². The summed E-state index contributed by atoms with van der Waals surface area (Å²) in [6.45, 7) is 1.70. The topological polar surface area (TPSA) is 107 Å². The Kier molecular flexibility index (Phi) is 4.15. The molecule has 0 unspecified atom stereocenters. The molecule has 138 valence electrons. The third kappa shape index (κ3) is 3.29. The van der Waals surface area contributed by atoms with Crippen LogP contribution in [0.5, 0.6) is 17.2 Å². The summed E-state index contributed by atoms with van der Waals surface area (Å²) in [5.74, 6) is 0.108. The zero-order valence-electron chi connectivity index (χ0n) is 14.5. The molecule has 2 heterocycles. The maximum atomic E-state index is 10.8. The van der Waals surface area contributed by atoms with Crippen LogP contribution in [0.15, 0.2) is 42.0 Å². The number of aryl methyl sites for hydroxylation is 1. The molecule has 2 N–H and O–H groups in total. The number of phenols is 1. The highest BCUT2D eigenvalue weighted by atomic mass is 16.7. The minimum absolute atomic E-state index is 0.00550. The van der Waals surface area contributed by atoms with E-state index in [0.29, 0.717) is 46.6 Å². The lowest BCUT2D eigenvalue weighted by molar-refractivity contribution is -0.132. The van der Waals surface area contributed by atoms with Crippen molar-refractivity contribution >= 4 is 17.0 Å². The first kappa shape index (κ1) is 16.9. The summed E-state index contributed by atoms with van der Waals surface area (Å²) in [4.78, 5) is 12.2. The van der Waals surface area contributed by atoms with Crippen LogP contribution >= 0.6 is 0 Å². The predicted molar refractivity (Wildman–Crippen MR) is 96.4 cm³/mol. The van der Waals surface area contributed by atoms with E-state index in [9.17, 15) is 9.90 Å². The first-order chi connectivity index (χ1) is 13.0. The molecule has 0 bridgehead atoms. The summed E-state index contributed by atoms with van der Waals surface area (Å²) in [6, 6.07) is 8.81. The van der Waals surface area contributed by atoms with E-state index < -0.39 is 5.97 Å². The molecule has 2 aromatic carbocycles. The lowest BCUT2D eigenvalue weighted by Gasteiger charge is -2.04. The molecular weight excluding hydrogens is 350 g/mol. The maximum absolute atomic E-state index is 10.8. The second-order valence-electron chi connectivity index (χ2n) is 6.24. The van der Waals surface area contributed by atoms with E-state index in [-0.39, 0.29) is 12.5 Å². The number of rotatable bonds is 5. The standard InChI is InChI=1S/C19H17N3O5/c1-11(19(24)25)3-2-4-12-5-6-13-14(7-12)21-22(20-13)15-8-17-18(9-16(15)23)27-10-26-17/h3,5-9,23H,2,4,10H2,1H3,(H,24,25). The summed E-state index contributed by atoms with van der Waals surface area (Å²) >= 11 is 0. The molecule has 0 fully saturated rings. The summed E-state index contributed by atoms with van der Waals surface area (Å²) in [5.41, 5.74) is 3.13. The van der Waals surface area contributed by atoms with Crippen LogP contribution in [0.1, 0.15) is 18.9 Å². The third-order valence-corrected chi connectivity index (χ3v) is 4.35. The molecule has 0 spiro atoms. The Morgan fingerprint density at radius 2 is 1.93 bits per heavy atom. The Morgan fingerprint density at radius 1 is 1.19 bits per heavy atom. The van der Waals surface area contributed by atoms with Crippen LogP contribution in [-0.4, -0.2) is 38.0 Å². The van der Waals surface area contributed by atoms with Crippen LogP contribution in [0.2, 0.25) is 0 Å². The highest BCUT2D eigenvalue weighted by molar-refractivity contribution is 5.85. The van der Waals surface area contributed by atoms with Gasteiger partial charge in [0, 0.05) is 17.7 Å². The quantitative estimate of drug-likeness (QED) is 0.668. The number of aromatic nitrogens is 3. The van der Waals surface area contributed by atoms with Gasteiger partial charge in [-0.05, 0) is 37.5 Å². The van der Waals surface area contributed by atoms with Crippen LogP contribution in [-0.2, 0) is 11.2 Å².